The van der Waals surface area contributed by atoms with Gasteiger partial charge in [-0.3, -0.25) is 14.3 Å². The quantitative estimate of drug-likeness (QED) is 0.254. The molecule has 0 saturated heterocycles. The Bertz CT molecular complexity index is 1540. The lowest BCUT2D eigenvalue weighted by atomic mass is 9.96. The minimum atomic E-state index is -4.49. The minimum Gasteiger partial charge on any atom is -0.294 e. The van der Waals surface area contributed by atoms with Gasteiger partial charge in [-0.15, -0.1) is 0 Å². The molecule has 1 aliphatic heterocycles. The van der Waals surface area contributed by atoms with Gasteiger partial charge in [0.2, 0.25) is 0 Å². The standard InChI is InChI=1S/C30H25F6N3O/c1-19-37-26-15-16-38(17-20-7-11-23(12-8-20)29(31,32)33)18-25(26)28(40)39(19)27(21-5-3-2-4-6-21)22-9-13-24(14-10-22)30(34,35)36/h2-14,27H,15-18H2,1H3. The Balaban J connectivity index is 1.50. The molecule has 208 valence electrons. The predicted octanol–water partition coefficient (Wildman–Crippen LogP) is 6.79. The predicted molar refractivity (Wildman–Crippen MR) is 138 cm³/mol. The Labute approximate surface area is 226 Å². The third kappa shape index (κ3) is 5.67. The van der Waals surface area contributed by atoms with Crippen molar-refractivity contribution in [3.63, 3.8) is 0 Å². The smallest absolute Gasteiger partial charge is 0.294 e. The summed E-state index contributed by atoms with van der Waals surface area (Å²) in [4.78, 5) is 20.7. The van der Waals surface area contributed by atoms with E-state index in [0.717, 1.165) is 24.3 Å². The molecule has 4 nitrogen and oxygen atoms in total. The van der Waals surface area contributed by atoms with E-state index in [1.54, 1.807) is 19.1 Å². The van der Waals surface area contributed by atoms with Crippen LogP contribution in [0.5, 0.6) is 0 Å². The molecule has 4 aromatic rings. The maximum absolute atomic E-state index is 14.0. The first-order valence-electron chi connectivity index (χ1n) is 12.6. The topological polar surface area (TPSA) is 38.1 Å². The molecule has 10 heteroatoms. The third-order valence-corrected chi connectivity index (χ3v) is 7.13. The Morgan fingerprint density at radius 1 is 0.800 bits per heavy atom. The molecule has 1 aromatic heterocycles. The highest BCUT2D eigenvalue weighted by Gasteiger charge is 2.32. The molecule has 1 atom stereocenters. The molecule has 0 amide bonds. The molecular weight excluding hydrogens is 532 g/mol. The van der Waals surface area contributed by atoms with Gasteiger partial charge in [0.15, 0.2) is 0 Å². The second kappa shape index (κ2) is 10.6. The molecule has 0 aliphatic carbocycles. The second-order valence-electron chi connectivity index (χ2n) is 9.85. The van der Waals surface area contributed by atoms with Crippen molar-refractivity contribution in [1.29, 1.82) is 0 Å². The number of hydrogen-bond donors (Lipinski definition) is 0. The van der Waals surface area contributed by atoms with E-state index in [2.05, 4.69) is 0 Å². The Hall–Kier alpha value is -3.92. The SMILES string of the molecule is Cc1nc2c(c(=O)n1C(c1ccccc1)c1ccc(C(F)(F)F)cc1)CN(Cc1ccc(C(F)(F)F)cc1)CC2. The first-order chi connectivity index (χ1) is 18.9. The summed E-state index contributed by atoms with van der Waals surface area (Å²) in [5.74, 6) is 0.439. The van der Waals surface area contributed by atoms with Crippen molar-refractivity contribution >= 4 is 0 Å². The van der Waals surface area contributed by atoms with Gasteiger partial charge in [-0.05, 0) is 47.9 Å². The zero-order chi connectivity index (χ0) is 28.7. The maximum atomic E-state index is 14.0. The average Bonchev–Trinajstić information content (AvgIpc) is 2.91. The largest absolute Gasteiger partial charge is 0.416 e. The normalized spacial score (nSPS) is 15.1. The van der Waals surface area contributed by atoms with E-state index >= 15 is 0 Å². The van der Waals surface area contributed by atoms with Gasteiger partial charge in [-0.1, -0.05) is 54.6 Å². The van der Waals surface area contributed by atoms with Gasteiger partial charge in [0.05, 0.1) is 28.4 Å². The van der Waals surface area contributed by atoms with Crippen molar-refractivity contribution in [2.45, 2.75) is 44.8 Å². The fourth-order valence-corrected chi connectivity index (χ4v) is 5.14. The summed E-state index contributed by atoms with van der Waals surface area (Å²) in [5.41, 5.74) is 1.22. The van der Waals surface area contributed by atoms with Gasteiger partial charge >= 0.3 is 12.4 Å². The Kier molecular flexibility index (Phi) is 7.31. The van der Waals surface area contributed by atoms with Gasteiger partial charge in [-0.2, -0.15) is 26.3 Å². The summed E-state index contributed by atoms with van der Waals surface area (Å²) in [5, 5.41) is 0. The number of alkyl halides is 6. The average molecular weight is 558 g/mol. The molecule has 1 unspecified atom stereocenters. The molecule has 5 rings (SSSR count). The van der Waals surface area contributed by atoms with Crippen LogP contribution in [0.1, 0.15) is 50.9 Å². The van der Waals surface area contributed by atoms with Crippen molar-refractivity contribution in [2.24, 2.45) is 0 Å². The zero-order valence-corrected chi connectivity index (χ0v) is 21.4. The second-order valence-corrected chi connectivity index (χ2v) is 9.85. The highest BCUT2D eigenvalue weighted by atomic mass is 19.4. The van der Waals surface area contributed by atoms with E-state index in [0.29, 0.717) is 53.3 Å². The van der Waals surface area contributed by atoms with Crippen molar-refractivity contribution < 1.29 is 26.3 Å². The summed E-state index contributed by atoms with van der Waals surface area (Å²) in [6.45, 7) is 2.88. The maximum Gasteiger partial charge on any atom is 0.416 e. The molecule has 40 heavy (non-hydrogen) atoms. The van der Waals surface area contributed by atoms with Crippen molar-refractivity contribution in [3.8, 4) is 0 Å². The number of fused-ring (bicyclic) bond motifs is 1. The lowest BCUT2D eigenvalue weighted by Gasteiger charge is -2.30. The fraction of sp³-hybridized carbons (Fsp3) is 0.267. The van der Waals surface area contributed by atoms with E-state index < -0.39 is 29.5 Å². The van der Waals surface area contributed by atoms with E-state index in [4.69, 9.17) is 4.98 Å². The number of nitrogens with zero attached hydrogens (tertiary/aromatic N) is 3. The summed E-state index contributed by atoms with van der Waals surface area (Å²) < 4.78 is 80.0. The lowest BCUT2D eigenvalue weighted by Crippen LogP contribution is -2.40. The van der Waals surface area contributed by atoms with Crippen molar-refractivity contribution in [1.82, 2.24) is 14.5 Å². The van der Waals surface area contributed by atoms with Crippen LogP contribution in [-0.4, -0.2) is 21.0 Å². The third-order valence-electron chi connectivity index (χ3n) is 7.13. The van der Waals surface area contributed by atoms with Crippen LogP contribution < -0.4 is 5.56 Å². The number of hydrogen-bond acceptors (Lipinski definition) is 3. The van der Waals surface area contributed by atoms with E-state index in [1.165, 1.54) is 28.8 Å². The van der Waals surface area contributed by atoms with Crippen LogP contribution in [0.25, 0.3) is 0 Å². The number of aromatic nitrogens is 2. The van der Waals surface area contributed by atoms with Crippen LogP contribution in [0.4, 0.5) is 26.3 Å². The molecule has 0 saturated carbocycles. The van der Waals surface area contributed by atoms with Crippen molar-refractivity contribution in [2.75, 3.05) is 6.54 Å². The number of benzene rings is 3. The van der Waals surface area contributed by atoms with Gasteiger partial charge in [0.25, 0.3) is 5.56 Å². The van der Waals surface area contributed by atoms with Crippen LogP contribution in [-0.2, 0) is 31.9 Å². The summed E-state index contributed by atoms with van der Waals surface area (Å²) in [7, 11) is 0. The minimum absolute atomic E-state index is 0.247. The first-order valence-corrected chi connectivity index (χ1v) is 12.6. The van der Waals surface area contributed by atoms with Crippen LogP contribution in [0.3, 0.4) is 0 Å². The van der Waals surface area contributed by atoms with Crippen LogP contribution in [0.15, 0.2) is 83.7 Å². The Morgan fingerprint density at radius 3 is 1.93 bits per heavy atom. The molecule has 0 spiro atoms. The van der Waals surface area contributed by atoms with E-state index in [-0.39, 0.29) is 12.1 Å². The highest BCUT2D eigenvalue weighted by Crippen LogP contribution is 2.33. The molecule has 2 heterocycles. The number of rotatable bonds is 5. The van der Waals surface area contributed by atoms with Crippen molar-refractivity contribution in [3.05, 3.63) is 134 Å². The Morgan fingerprint density at radius 2 is 1.35 bits per heavy atom. The van der Waals surface area contributed by atoms with Gasteiger partial charge in [-0.25, -0.2) is 4.98 Å². The molecule has 0 N–H and O–H groups in total. The molecule has 0 radical (unpaired) electrons. The van der Waals surface area contributed by atoms with Crippen LogP contribution in [0.2, 0.25) is 0 Å². The van der Waals surface area contributed by atoms with E-state index in [1.807, 2.05) is 23.1 Å². The monoisotopic (exact) mass is 557 g/mol. The highest BCUT2D eigenvalue weighted by molar-refractivity contribution is 5.37. The number of halogens is 6. The lowest BCUT2D eigenvalue weighted by molar-refractivity contribution is -0.138. The summed E-state index contributed by atoms with van der Waals surface area (Å²) in [6, 6.07) is 18.0. The van der Waals surface area contributed by atoms with Crippen LogP contribution in [0, 0.1) is 6.92 Å². The van der Waals surface area contributed by atoms with Crippen LogP contribution >= 0.6 is 0 Å². The molecule has 0 fully saturated rings. The van der Waals surface area contributed by atoms with Gasteiger partial charge in [0, 0.05) is 26.1 Å². The van der Waals surface area contributed by atoms with Gasteiger partial charge in [0.1, 0.15) is 5.82 Å². The first kappa shape index (κ1) is 27.6. The summed E-state index contributed by atoms with van der Waals surface area (Å²) in [6.07, 6.45) is -8.42. The number of aryl methyl sites for hydroxylation is 1. The van der Waals surface area contributed by atoms with E-state index in [9.17, 15) is 31.1 Å². The summed E-state index contributed by atoms with van der Waals surface area (Å²) >= 11 is 0. The molecule has 1 aliphatic rings. The zero-order valence-electron chi connectivity index (χ0n) is 21.4. The fourth-order valence-electron chi connectivity index (χ4n) is 5.14. The molecule has 0 bridgehead atoms. The molecule has 3 aromatic carbocycles. The molecular formula is C30H25F6N3O. The van der Waals surface area contributed by atoms with Gasteiger partial charge < -0.3 is 0 Å².